The largest absolute Gasteiger partial charge is 0.484 e. The van der Waals surface area contributed by atoms with Gasteiger partial charge in [0.1, 0.15) is 11.3 Å². The molecule has 3 aromatic carbocycles. The Kier molecular flexibility index (Phi) is 4.52. The first-order valence-corrected chi connectivity index (χ1v) is 8.62. The number of nitrogens with one attached hydrogen (secondary N) is 1. The lowest BCUT2D eigenvalue weighted by Gasteiger charge is -2.09. The van der Waals surface area contributed by atoms with E-state index in [1.54, 1.807) is 48.5 Å². The van der Waals surface area contributed by atoms with Crippen LogP contribution in [0.3, 0.4) is 0 Å². The van der Waals surface area contributed by atoms with Crippen LogP contribution < -0.4 is 15.7 Å². The van der Waals surface area contributed by atoms with E-state index in [0.29, 0.717) is 27.4 Å². The third-order valence-corrected chi connectivity index (χ3v) is 4.31. The maximum absolute atomic E-state index is 12.1. The number of carbonyl (C=O) groups is 1. The average Bonchev–Trinajstić information content (AvgIpc) is 2.66. The van der Waals surface area contributed by atoms with Crippen LogP contribution in [-0.4, -0.2) is 12.5 Å². The topological polar surface area (TPSA) is 68.5 Å². The van der Waals surface area contributed by atoms with Gasteiger partial charge < -0.3 is 14.5 Å². The van der Waals surface area contributed by atoms with E-state index in [2.05, 4.69) is 5.32 Å². The molecular weight excluding hydrogens is 366 g/mol. The van der Waals surface area contributed by atoms with E-state index in [0.717, 1.165) is 10.8 Å². The third-order valence-electron chi connectivity index (χ3n) is 4.07. The molecule has 0 fully saturated rings. The molecule has 0 atom stereocenters. The van der Waals surface area contributed by atoms with Crippen molar-refractivity contribution in [3.05, 3.63) is 82.2 Å². The van der Waals surface area contributed by atoms with Gasteiger partial charge in [-0.1, -0.05) is 35.9 Å². The molecule has 0 bridgehead atoms. The lowest BCUT2D eigenvalue weighted by molar-refractivity contribution is -0.118. The second-order valence-electron chi connectivity index (χ2n) is 5.94. The van der Waals surface area contributed by atoms with Gasteiger partial charge in [0.2, 0.25) is 0 Å². The van der Waals surface area contributed by atoms with Gasteiger partial charge in [0.05, 0.1) is 5.39 Å². The molecule has 1 amide bonds. The normalized spacial score (nSPS) is 10.9. The molecule has 0 spiro atoms. The van der Waals surface area contributed by atoms with Crippen molar-refractivity contribution in [3.63, 3.8) is 0 Å². The number of ether oxygens (including phenoxy) is 1. The minimum Gasteiger partial charge on any atom is -0.484 e. The van der Waals surface area contributed by atoms with E-state index in [1.165, 1.54) is 0 Å². The molecule has 0 aliphatic heterocycles. The summed E-state index contributed by atoms with van der Waals surface area (Å²) >= 11 is 5.89. The molecule has 27 heavy (non-hydrogen) atoms. The molecule has 0 saturated heterocycles. The van der Waals surface area contributed by atoms with Gasteiger partial charge in [-0.05, 0) is 41.8 Å². The maximum atomic E-state index is 12.1. The minimum absolute atomic E-state index is 0.185. The van der Waals surface area contributed by atoms with Crippen molar-refractivity contribution in [2.75, 3.05) is 11.9 Å². The number of amides is 1. The van der Waals surface area contributed by atoms with Crippen molar-refractivity contribution in [2.24, 2.45) is 0 Å². The molecule has 0 aliphatic rings. The summed E-state index contributed by atoms with van der Waals surface area (Å²) in [7, 11) is 0. The lowest BCUT2D eigenvalue weighted by Crippen LogP contribution is -2.20. The van der Waals surface area contributed by atoms with Gasteiger partial charge in [-0.3, -0.25) is 4.79 Å². The summed E-state index contributed by atoms with van der Waals surface area (Å²) in [4.78, 5) is 24.2. The number of carbonyl (C=O) groups excluding carboxylic acids is 1. The van der Waals surface area contributed by atoms with Gasteiger partial charge in [-0.2, -0.15) is 0 Å². The Labute approximate surface area is 159 Å². The molecule has 0 saturated carbocycles. The van der Waals surface area contributed by atoms with Crippen molar-refractivity contribution < 1.29 is 13.9 Å². The van der Waals surface area contributed by atoms with Gasteiger partial charge in [-0.15, -0.1) is 0 Å². The predicted molar refractivity (Wildman–Crippen MR) is 106 cm³/mol. The molecule has 134 valence electrons. The highest BCUT2D eigenvalue weighted by atomic mass is 35.5. The van der Waals surface area contributed by atoms with Crippen LogP contribution in [0.2, 0.25) is 5.02 Å². The van der Waals surface area contributed by atoms with E-state index in [9.17, 15) is 9.59 Å². The highest BCUT2D eigenvalue weighted by Crippen LogP contribution is 2.26. The number of benzene rings is 3. The summed E-state index contributed by atoms with van der Waals surface area (Å²) in [6.45, 7) is -0.185. The second-order valence-corrected chi connectivity index (χ2v) is 6.38. The number of anilines is 1. The summed E-state index contributed by atoms with van der Waals surface area (Å²) < 4.78 is 10.9. The van der Waals surface area contributed by atoms with Gasteiger partial charge in [0.25, 0.3) is 5.91 Å². The molecule has 1 N–H and O–H groups in total. The molecule has 5 nitrogen and oxygen atoms in total. The van der Waals surface area contributed by atoms with E-state index in [-0.39, 0.29) is 12.5 Å². The fourth-order valence-corrected chi connectivity index (χ4v) is 3.05. The monoisotopic (exact) mass is 379 g/mol. The molecular formula is C21H14ClNO4. The van der Waals surface area contributed by atoms with Crippen molar-refractivity contribution in [3.8, 4) is 5.75 Å². The van der Waals surface area contributed by atoms with Crippen molar-refractivity contribution in [1.29, 1.82) is 0 Å². The van der Waals surface area contributed by atoms with E-state index >= 15 is 0 Å². The number of hydrogen-bond acceptors (Lipinski definition) is 4. The highest BCUT2D eigenvalue weighted by molar-refractivity contribution is 6.30. The first kappa shape index (κ1) is 17.1. The van der Waals surface area contributed by atoms with Crippen LogP contribution in [0, 0.1) is 0 Å². The van der Waals surface area contributed by atoms with Crippen molar-refractivity contribution >= 4 is 44.9 Å². The standard InChI is InChI=1S/C21H14ClNO4/c22-13-4-3-5-14(10-13)23-20(24)12-26-15-8-9-17-16-6-1-2-7-18(16)21(25)27-19(17)11-15/h1-11H,12H2,(H,23,24). The summed E-state index contributed by atoms with van der Waals surface area (Å²) in [6.07, 6.45) is 0. The predicted octanol–water partition coefficient (Wildman–Crippen LogP) is 4.62. The summed E-state index contributed by atoms with van der Waals surface area (Å²) in [5, 5.41) is 5.38. The first-order chi connectivity index (χ1) is 13.1. The van der Waals surface area contributed by atoms with Gasteiger partial charge in [0, 0.05) is 22.2 Å². The Bertz CT molecular complexity index is 1220. The van der Waals surface area contributed by atoms with E-state index in [1.807, 2.05) is 18.2 Å². The van der Waals surface area contributed by atoms with Crippen LogP contribution in [0.25, 0.3) is 21.7 Å². The van der Waals surface area contributed by atoms with Crippen LogP contribution in [0.1, 0.15) is 0 Å². The number of hydrogen-bond donors (Lipinski definition) is 1. The molecule has 4 rings (SSSR count). The lowest BCUT2D eigenvalue weighted by atomic mass is 10.1. The first-order valence-electron chi connectivity index (χ1n) is 8.24. The Hall–Kier alpha value is -3.31. The summed E-state index contributed by atoms with van der Waals surface area (Å²) in [5.74, 6) is 0.111. The number of rotatable bonds is 4. The molecule has 0 unspecified atom stereocenters. The maximum Gasteiger partial charge on any atom is 0.344 e. The van der Waals surface area contributed by atoms with Crippen LogP contribution in [0.15, 0.2) is 75.9 Å². The Balaban J connectivity index is 1.53. The Morgan fingerprint density at radius 2 is 1.78 bits per heavy atom. The smallest absolute Gasteiger partial charge is 0.344 e. The average molecular weight is 380 g/mol. The van der Waals surface area contributed by atoms with Crippen molar-refractivity contribution in [2.45, 2.75) is 0 Å². The van der Waals surface area contributed by atoms with Crippen LogP contribution in [0.5, 0.6) is 5.75 Å². The van der Waals surface area contributed by atoms with Crippen LogP contribution >= 0.6 is 11.6 Å². The molecule has 6 heteroatoms. The quantitative estimate of drug-likeness (QED) is 0.415. The Morgan fingerprint density at radius 1 is 0.963 bits per heavy atom. The minimum atomic E-state index is -0.408. The zero-order valence-corrected chi connectivity index (χ0v) is 14.8. The zero-order valence-electron chi connectivity index (χ0n) is 14.1. The fourth-order valence-electron chi connectivity index (χ4n) is 2.86. The fraction of sp³-hybridized carbons (Fsp3) is 0.0476. The van der Waals surface area contributed by atoms with Gasteiger partial charge >= 0.3 is 5.63 Å². The summed E-state index contributed by atoms with van der Waals surface area (Å²) in [6, 6.07) is 19.3. The second kappa shape index (κ2) is 7.13. The highest BCUT2D eigenvalue weighted by Gasteiger charge is 2.09. The molecule has 1 aromatic heterocycles. The molecule has 4 aromatic rings. The summed E-state index contributed by atoms with van der Waals surface area (Å²) in [5.41, 5.74) is 0.590. The van der Waals surface area contributed by atoms with Crippen LogP contribution in [-0.2, 0) is 4.79 Å². The number of halogens is 1. The third kappa shape index (κ3) is 3.64. The number of fused-ring (bicyclic) bond motifs is 3. The van der Waals surface area contributed by atoms with Gasteiger partial charge in [0.15, 0.2) is 6.61 Å². The van der Waals surface area contributed by atoms with Crippen molar-refractivity contribution in [1.82, 2.24) is 0 Å². The Morgan fingerprint density at radius 3 is 2.59 bits per heavy atom. The van der Waals surface area contributed by atoms with E-state index in [4.69, 9.17) is 20.8 Å². The molecule has 1 heterocycles. The van der Waals surface area contributed by atoms with Crippen LogP contribution in [0.4, 0.5) is 5.69 Å². The van der Waals surface area contributed by atoms with Gasteiger partial charge in [-0.25, -0.2) is 4.79 Å². The van der Waals surface area contributed by atoms with E-state index < -0.39 is 5.63 Å². The zero-order chi connectivity index (χ0) is 18.8. The molecule has 0 aliphatic carbocycles. The SMILES string of the molecule is O=C(COc1ccc2c(c1)oc(=O)c1ccccc12)Nc1cccc(Cl)c1. The molecule has 0 radical (unpaired) electrons.